The zero-order chi connectivity index (χ0) is 17.0. The number of halogens is 3. The molecule has 3 N–H and O–H groups in total. The Hall–Kier alpha value is -1.38. The van der Waals surface area contributed by atoms with Crippen molar-refractivity contribution in [3.8, 4) is 11.5 Å². The molecule has 5 nitrogen and oxygen atoms in total. The molecule has 0 atom stereocenters. The molecule has 0 saturated carbocycles. The van der Waals surface area contributed by atoms with Gasteiger partial charge in [-0.25, -0.2) is 5.43 Å². The zero-order valence-electron chi connectivity index (χ0n) is 11.6. The van der Waals surface area contributed by atoms with Crippen molar-refractivity contribution in [2.45, 2.75) is 6.42 Å². The van der Waals surface area contributed by atoms with Crippen molar-refractivity contribution in [2.75, 3.05) is 0 Å². The number of carbonyl (C=O) groups excluding carboxylic acids is 1. The second-order valence-corrected chi connectivity index (χ2v) is 7.06. The zero-order valence-corrected chi connectivity index (χ0v) is 16.3. The van der Waals surface area contributed by atoms with Gasteiger partial charge in [0.15, 0.2) is 0 Å². The number of rotatable bonds is 4. The summed E-state index contributed by atoms with van der Waals surface area (Å²) in [4.78, 5) is 11.8. The molecule has 2 aromatic carbocycles. The van der Waals surface area contributed by atoms with E-state index >= 15 is 0 Å². The Labute approximate surface area is 157 Å². The van der Waals surface area contributed by atoms with Crippen molar-refractivity contribution >= 4 is 59.9 Å². The lowest BCUT2D eigenvalue weighted by molar-refractivity contribution is -0.120. The Morgan fingerprint density at radius 2 is 1.91 bits per heavy atom. The van der Waals surface area contributed by atoms with Gasteiger partial charge in [-0.15, -0.1) is 0 Å². The van der Waals surface area contributed by atoms with Gasteiger partial charge in [0.25, 0.3) is 0 Å². The van der Waals surface area contributed by atoms with Crippen LogP contribution in [0.25, 0.3) is 0 Å². The number of phenols is 2. The Balaban J connectivity index is 2.05. The molecule has 0 bridgehead atoms. The lowest BCUT2D eigenvalue weighted by Crippen LogP contribution is -2.19. The molecule has 0 heterocycles. The predicted molar refractivity (Wildman–Crippen MR) is 98.8 cm³/mol. The number of amides is 1. The summed E-state index contributed by atoms with van der Waals surface area (Å²) < 4.78 is 1.67. The molecule has 2 aromatic rings. The average Bonchev–Trinajstić information content (AvgIpc) is 2.48. The van der Waals surface area contributed by atoms with Crippen LogP contribution in [0, 0.1) is 0 Å². The van der Waals surface area contributed by atoms with Crippen molar-refractivity contribution in [2.24, 2.45) is 5.10 Å². The van der Waals surface area contributed by atoms with Gasteiger partial charge in [-0.2, -0.15) is 5.10 Å². The standard InChI is InChI=1S/C15H11Br3N2O3/c16-11-6-12(17)15(23)14(18)10(11)7-19-20-13(22)5-8-2-1-3-9(21)4-8/h1-4,6-7,21,23H,5H2,(H,20,22). The third kappa shape index (κ3) is 4.79. The molecular formula is C15H11Br3N2O3. The monoisotopic (exact) mass is 504 g/mol. The fourth-order valence-corrected chi connectivity index (χ4v) is 4.10. The molecule has 0 aliphatic carbocycles. The summed E-state index contributed by atoms with van der Waals surface area (Å²) in [7, 11) is 0. The molecular weight excluding hydrogens is 496 g/mol. The molecule has 0 spiro atoms. The van der Waals surface area contributed by atoms with Gasteiger partial charge in [-0.05, 0) is 55.6 Å². The maximum atomic E-state index is 11.8. The Morgan fingerprint density at radius 3 is 2.61 bits per heavy atom. The first-order valence-electron chi connectivity index (χ1n) is 6.34. The van der Waals surface area contributed by atoms with Crippen molar-refractivity contribution in [3.05, 3.63) is 54.9 Å². The van der Waals surface area contributed by atoms with E-state index in [2.05, 4.69) is 58.3 Å². The van der Waals surface area contributed by atoms with E-state index in [9.17, 15) is 15.0 Å². The smallest absolute Gasteiger partial charge is 0.244 e. The Kier molecular flexibility index (Phi) is 6.20. The summed E-state index contributed by atoms with van der Waals surface area (Å²) in [5, 5.41) is 23.1. The summed E-state index contributed by atoms with van der Waals surface area (Å²) in [6.07, 6.45) is 1.51. The van der Waals surface area contributed by atoms with E-state index < -0.39 is 0 Å². The molecule has 0 fully saturated rings. The molecule has 0 radical (unpaired) electrons. The molecule has 0 unspecified atom stereocenters. The van der Waals surface area contributed by atoms with Crippen molar-refractivity contribution in [3.63, 3.8) is 0 Å². The van der Waals surface area contributed by atoms with E-state index in [1.165, 1.54) is 18.3 Å². The van der Waals surface area contributed by atoms with Crippen molar-refractivity contribution in [1.29, 1.82) is 0 Å². The molecule has 23 heavy (non-hydrogen) atoms. The Bertz CT molecular complexity index is 779. The fraction of sp³-hybridized carbons (Fsp3) is 0.0667. The molecule has 0 aliphatic rings. The number of nitrogens with zero attached hydrogens (tertiary/aromatic N) is 1. The van der Waals surface area contributed by atoms with Crippen LogP contribution in [0.5, 0.6) is 11.5 Å². The summed E-state index contributed by atoms with van der Waals surface area (Å²) in [5.74, 6) is -0.168. The van der Waals surface area contributed by atoms with Gasteiger partial charge in [-0.3, -0.25) is 4.79 Å². The largest absolute Gasteiger partial charge is 0.508 e. The maximum absolute atomic E-state index is 11.8. The minimum absolute atomic E-state index is 0.0423. The van der Waals surface area contributed by atoms with Crippen LogP contribution in [-0.2, 0) is 11.2 Å². The van der Waals surface area contributed by atoms with Gasteiger partial charge in [-0.1, -0.05) is 28.1 Å². The molecule has 0 aromatic heterocycles. The highest BCUT2D eigenvalue weighted by Crippen LogP contribution is 2.38. The topological polar surface area (TPSA) is 81.9 Å². The number of benzene rings is 2. The van der Waals surface area contributed by atoms with Crippen LogP contribution in [0.15, 0.2) is 48.9 Å². The van der Waals surface area contributed by atoms with Gasteiger partial charge in [0.2, 0.25) is 5.91 Å². The first-order chi connectivity index (χ1) is 10.9. The third-order valence-corrected chi connectivity index (χ3v) is 4.90. The lowest BCUT2D eigenvalue weighted by atomic mass is 10.1. The predicted octanol–water partition coefficient (Wildman–Crippen LogP) is 4.08. The van der Waals surface area contributed by atoms with E-state index in [1.54, 1.807) is 18.2 Å². The van der Waals surface area contributed by atoms with Gasteiger partial charge >= 0.3 is 0 Å². The SMILES string of the molecule is O=C(Cc1cccc(O)c1)NN=Cc1c(Br)cc(Br)c(O)c1Br. The molecule has 0 saturated heterocycles. The normalized spacial score (nSPS) is 10.9. The van der Waals surface area contributed by atoms with E-state index in [0.717, 1.165) is 0 Å². The van der Waals surface area contributed by atoms with Gasteiger partial charge in [0, 0.05) is 10.0 Å². The summed E-state index contributed by atoms with van der Waals surface area (Å²) >= 11 is 9.85. The number of carbonyl (C=O) groups is 1. The Morgan fingerprint density at radius 1 is 1.17 bits per heavy atom. The fourth-order valence-electron chi connectivity index (χ4n) is 1.77. The minimum atomic E-state index is -0.319. The van der Waals surface area contributed by atoms with Crippen LogP contribution in [0.3, 0.4) is 0 Å². The summed E-state index contributed by atoms with van der Waals surface area (Å²) in [6.45, 7) is 0. The highest BCUT2D eigenvalue weighted by Gasteiger charge is 2.12. The van der Waals surface area contributed by atoms with Crippen molar-refractivity contribution < 1.29 is 15.0 Å². The third-order valence-electron chi connectivity index (χ3n) is 2.84. The summed E-state index contributed by atoms with van der Waals surface area (Å²) in [6, 6.07) is 8.14. The van der Waals surface area contributed by atoms with E-state index in [0.29, 0.717) is 24.5 Å². The quantitative estimate of drug-likeness (QED) is 0.432. The number of aromatic hydroxyl groups is 2. The number of hydrazone groups is 1. The van der Waals surface area contributed by atoms with Gasteiger partial charge in [0.05, 0.1) is 21.6 Å². The van der Waals surface area contributed by atoms with Crippen molar-refractivity contribution in [1.82, 2.24) is 5.43 Å². The first kappa shape index (κ1) is 18.0. The average molecular weight is 507 g/mol. The number of nitrogens with one attached hydrogen (secondary N) is 1. The molecule has 1 amide bonds. The van der Waals surface area contributed by atoms with Crippen LogP contribution in [-0.4, -0.2) is 22.3 Å². The number of hydrogen-bond donors (Lipinski definition) is 3. The van der Waals surface area contributed by atoms with E-state index in [4.69, 9.17) is 0 Å². The van der Waals surface area contributed by atoms with E-state index in [1.807, 2.05) is 0 Å². The highest BCUT2D eigenvalue weighted by molar-refractivity contribution is 9.11. The molecule has 8 heteroatoms. The number of phenolic OH excluding ortho intramolecular Hbond substituents is 2. The first-order valence-corrected chi connectivity index (χ1v) is 8.72. The lowest BCUT2D eigenvalue weighted by Gasteiger charge is -2.07. The van der Waals surface area contributed by atoms with Gasteiger partial charge < -0.3 is 10.2 Å². The van der Waals surface area contributed by atoms with Crippen LogP contribution in [0.2, 0.25) is 0 Å². The maximum Gasteiger partial charge on any atom is 0.244 e. The van der Waals surface area contributed by atoms with Crippen LogP contribution in [0.1, 0.15) is 11.1 Å². The molecule has 2 rings (SSSR count). The molecule has 120 valence electrons. The van der Waals surface area contributed by atoms with Crippen LogP contribution >= 0.6 is 47.8 Å². The van der Waals surface area contributed by atoms with Crippen LogP contribution in [0.4, 0.5) is 0 Å². The second-order valence-electron chi connectivity index (χ2n) is 4.56. The second kappa shape index (κ2) is 7.94. The minimum Gasteiger partial charge on any atom is -0.508 e. The van der Waals surface area contributed by atoms with E-state index in [-0.39, 0.29) is 23.8 Å². The number of hydrogen-bond acceptors (Lipinski definition) is 4. The van der Waals surface area contributed by atoms with Crippen LogP contribution < -0.4 is 5.43 Å². The van der Waals surface area contributed by atoms with Gasteiger partial charge in [0.1, 0.15) is 11.5 Å². The molecule has 0 aliphatic heterocycles. The highest BCUT2D eigenvalue weighted by atomic mass is 79.9. The summed E-state index contributed by atoms with van der Waals surface area (Å²) in [5.41, 5.74) is 3.67.